The summed E-state index contributed by atoms with van der Waals surface area (Å²) in [6.45, 7) is 8.04. The van der Waals surface area contributed by atoms with Gasteiger partial charge in [-0.15, -0.1) is 0 Å². The van der Waals surface area contributed by atoms with E-state index in [1.54, 1.807) is 0 Å². The van der Waals surface area contributed by atoms with Crippen LogP contribution < -0.4 is 11.1 Å². The number of amides is 1. The number of benzene rings is 1. The van der Waals surface area contributed by atoms with Gasteiger partial charge in [0.25, 0.3) is 0 Å². The molecule has 1 rings (SSSR count). The van der Waals surface area contributed by atoms with Crippen molar-refractivity contribution in [2.75, 3.05) is 12.3 Å². The van der Waals surface area contributed by atoms with E-state index in [2.05, 4.69) is 5.32 Å². The lowest BCUT2D eigenvalue weighted by atomic mass is 9.99. The van der Waals surface area contributed by atoms with Gasteiger partial charge in [-0.1, -0.05) is 25.1 Å². The van der Waals surface area contributed by atoms with Gasteiger partial charge in [0.1, 0.15) is 5.60 Å². The number of hydrogen-bond acceptors (Lipinski definition) is 3. The first-order chi connectivity index (χ1) is 8.29. The Balaban J connectivity index is 2.49. The van der Waals surface area contributed by atoms with Gasteiger partial charge in [-0.05, 0) is 32.4 Å². The van der Waals surface area contributed by atoms with Gasteiger partial charge in [0.15, 0.2) is 0 Å². The third-order valence-corrected chi connectivity index (χ3v) is 2.48. The molecule has 1 atom stereocenters. The number of rotatable bonds is 3. The van der Waals surface area contributed by atoms with Gasteiger partial charge in [0.2, 0.25) is 0 Å². The second-order valence-corrected chi connectivity index (χ2v) is 5.41. The van der Waals surface area contributed by atoms with Crippen LogP contribution in [0.1, 0.15) is 39.2 Å². The molecule has 0 aliphatic carbocycles. The molecule has 3 N–H and O–H groups in total. The highest BCUT2D eigenvalue weighted by Gasteiger charge is 2.17. The molecule has 0 aliphatic rings. The van der Waals surface area contributed by atoms with Crippen molar-refractivity contribution in [3.05, 3.63) is 29.8 Å². The quantitative estimate of drug-likeness (QED) is 0.811. The third kappa shape index (κ3) is 4.65. The second-order valence-electron chi connectivity index (χ2n) is 5.41. The minimum absolute atomic E-state index is 0.152. The van der Waals surface area contributed by atoms with Crippen molar-refractivity contribution in [2.45, 2.75) is 39.2 Å². The fourth-order valence-corrected chi connectivity index (χ4v) is 1.62. The molecule has 1 unspecified atom stereocenters. The third-order valence-electron chi connectivity index (χ3n) is 2.48. The normalized spacial score (nSPS) is 12.9. The Hall–Kier alpha value is -1.71. The summed E-state index contributed by atoms with van der Waals surface area (Å²) in [4.78, 5) is 11.5. The van der Waals surface area contributed by atoms with Crippen molar-refractivity contribution in [3.63, 3.8) is 0 Å². The molecule has 0 saturated heterocycles. The van der Waals surface area contributed by atoms with Crippen molar-refractivity contribution in [1.29, 1.82) is 0 Å². The highest BCUT2D eigenvalue weighted by molar-refractivity contribution is 5.67. The van der Waals surface area contributed by atoms with Crippen LogP contribution >= 0.6 is 0 Å². The van der Waals surface area contributed by atoms with E-state index in [1.807, 2.05) is 52.0 Å². The first kappa shape index (κ1) is 14.4. The summed E-state index contributed by atoms with van der Waals surface area (Å²) in [5, 5.41) is 2.75. The lowest BCUT2D eigenvalue weighted by molar-refractivity contribution is 0.0525. The minimum Gasteiger partial charge on any atom is -0.444 e. The largest absolute Gasteiger partial charge is 0.444 e. The van der Waals surface area contributed by atoms with Gasteiger partial charge in [-0.2, -0.15) is 0 Å². The fraction of sp³-hybridized carbons (Fsp3) is 0.500. The average molecular weight is 250 g/mol. The number of para-hydroxylation sites is 1. The highest BCUT2D eigenvalue weighted by Crippen LogP contribution is 2.20. The zero-order valence-corrected chi connectivity index (χ0v) is 11.5. The molecule has 0 heterocycles. The SMILES string of the molecule is CC(CNC(=O)OC(C)(C)C)c1ccccc1N. The molecule has 100 valence electrons. The number of anilines is 1. The topological polar surface area (TPSA) is 64.3 Å². The van der Waals surface area contributed by atoms with Crippen LogP contribution in [-0.4, -0.2) is 18.2 Å². The van der Waals surface area contributed by atoms with Crippen molar-refractivity contribution < 1.29 is 9.53 Å². The van der Waals surface area contributed by atoms with Gasteiger partial charge in [0, 0.05) is 18.2 Å². The Morgan fingerprint density at radius 3 is 2.56 bits per heavy atom. The van der Waals surface area contributed by atoms with Crippen molar-refractivity contribution >= 4 is 11.8 Å². The number of carbonyl (C=O) groups is 1. The van der Waals surface area contributed by atoms with Gasteiger partial charge in [-0.25, -0.2) is 4.79 Å². The lowest BCUT2D eigenvalue weighted by Gasteiger charge is -2.21. The first-order valence-electron chi connectivity index (χ1n) is 6.11. The van der Waals surface area contributed by atoms with Crippen LogP contribution in [-0.2, 0) is 4.74 Å². The van der Waals surface area contributed by atoms with Crippen LogP contribution in [0.15, 0.2) is 24.3 Å². The minimum atomic E-state index is -0.473. The molecule has 1 aromatic carbocycles. The molecular formula is C14H22N2O2. The van der Waals surface area contributed by atoms with Crippen LogP contribution in [0.3, 0.4) is 0 Å². The molecule has 0 saturated carbocycles. The van der Waals surface area contributed by atoms with E-state index in [0.717, 1.165) is 11.3 Å². The molecule has 0 aliphatic heterocycles. The number of nitrogens with two attached hydrogens (primary N) is 1. The van der Waals surface area contributed by atoms with E-state index < -0.39 is 11.7 Å². The van der Waals surface area contributed by atoms with E-state index in [-0.39, 0.29) is 5.92 Å². The van der Waals surface area contributed by atoms with Gasteiger partial charge >= 0.3 is 6.09 Å². The van der Waals surface area contributed by atoms with Crippen LogP contribution in [0.25, 0.3) is 0 Å². The van der Waals surface area contributed by atoms with Gasteiger partial charge in [0.05, 0.1) is 0 Å². The summed E-state index contributed by atoms with van der Waals surface area (Å²) in [5.74, 6) is 0.152. The number of hydrogen-bond donors (Lipinski definition) is 2. The zero-order valence-electron chi connectivity index (χ0n) is 11.5. The highest BCUT2D eigenvalue weighted by atomic mass is 16.6. The van der Waals surface area contributed by atoms with E-state index in [1.165, 1.54) is 0 Å². The number of alkyl carbamates (subject to hydrolysis) is 1. The Morgan fingerprint density at radius 2 is 2.00 bits per heavy atom. The predicted octanol–water partition coefficient (Wildman–Crippen LogP) is 2.90. The summed E-state index contributed by atoms with van der Waals surface area (Å²) < 4.78 is 5.17. The molecule has 18 heavy (non-hydrogen) atoms. The Morgan fingerprint density at radius 1 is 1.39 bits per heavy atom. The predicted molar refractivity (Wildman–Crippen MR) is 73.5 cm³/mol. The van der Waals surface area contributed by atoms with Crippen LogP contribution in [0.2, 0.25) is 0 Å². The Bertz CT molecular complexity index is 411. The van der Waals surface area contributed by atoms with E-state index in [0.29, 0.717) is 6.54 Å². The van der Waals surface area contributed by atoms with E-state index >= 15 is 0 Å². The van der Waals surface area contributed by atoms with Crippen LogP contribution in [0.5, 0.6) is 0 Å². The van der Waals surface area contributed by atoms with Crippen molar-refractivity contribution in [3.8, 4) is 0 Å². The Labute approximate surface area is 109 Å². The number of carbonyl (C=O) groups excluding carboxylic acids is 1. The Kier molecular flexibility index (Phi) is 4.59. The van der Waals surface area contributed by atoms with E-state index in [4.69, 9.17) is 10.5 Å². The average Bonchev–Trinajstić information content (AvgIpc) is 2.24. The monoisotopic (exact) mass is 250 g/mol. The first-order valence-corrected chi connectivity index (χ1v) is 6.11. The molecular weight excluding hydrogens is 228 g/mol. The van der Waals surface area contributed by atoms with Gasteiger partial charge < -0.3 is 15.8 Å². The maximum atomic E-state index is 11.5. The second kappa shape index (κ2) is 5.76. The fourth-order valence-electron chi connectivity index (χ4n) is 1.62. The maximum absolute atomic E-state index is 11.5. The number of nitrogen functional groups attached to an aromatic ring is 1. The maximum Gasteiger partial charge on any atom is 0.407 e. The van der Waals surface area contributed by atoms with E-state index in [9.17, 15) is 4.79 Å². The summed E-state index contributed by atoms with van der Waals surface area (Å²) in [5.41, 5.74) is 7.19. The smallest absolute Gasteiger partial charge is 0.407 e. The standard InChI is InChI=1S/C14H22N2O2/c1-10(11-7-5-6-8-12(11)15)9-16-13(17)18-14(2,3)4/h5-8,10H,9,15H2,1-4H3,(H,16,17). The molecule has 0 radical (unpaired) electrons. The molecule has 1 amide bonds. The molecule has 0 bridgehead atoms. The summed E-state index contributed by atoms with van der Waals surface area (Å²) in [6, 6.07) is 7.67. The molecule has 4 nitrogen and oxygen atoms in total. The molecule has 4 heteroatoms. The lowest BCUT2D eigenvalue weighted by Crippen LogP contribution is -2.34. The summed E-state index contributed by atoms with van der Waals surface area (Å²) in [6.07, 6.45) is -0.399. The summed E-state index contributed by atoms with van der Waals surface area (Å²) in [7, 11) is 0. The molecule has 0 aromatic heterocycles. The number of ether oxygens (including phenoxy) is 1. The van der Waals surface area contributed by atoms with Crippen LogP contribution in [0, 0.1) is 0 Å². The zero-order chi connectivity index (χ0) is 13.8. The van der Waals surface area contributed by atoms with Gasteiger partial charge in [-0.3, -0.25) is 0 Å². The molecule has 1 aromatic rings. The summed E-state index contributed by atoms with van der Waals surface area (Å²) >= 11 is 0. The number of nitrogens with one attached hydrogen (secondary N) is 1. The van der Waals surface area contributed by atoms with Crippen molar-refractivity contribution in [1.82, 2.24) is 5.32 Å². The molecule has 0 fully saturated rings. The van der Waals surface area contributed by atoms with Crippen LogP contribution in [0.4, 0.5) is 10.5 Å². The van der Waals surface area contributed by atoms with Crippen molar-refractivity contribution in [2.24, 2.45) is 0 Å². The molecule has 0 spiro atoms.